The van der Waals surface area contributed by atoms with Crippen LogP contribution in [0.4, 0.5) is 13.2 Å². The number of methoxy groups -OCH3 is 1. The van der Waals surface area contributed by atoms with Crippen LogP contribution in [0.1, 0.15) is 44.1 Å². The molecule has 7 nitrogen and oxygen atoms in total. The van der Waals surface area contributed by atoms with Gasteiger partial charge in [-0.25, -0.2) is 0 Å². The molecule has 3 fully saturated rings. The number of benzene rings is 1. The van der Waals surface area contributed by atoms with Gasteiger partial charge in [-0.15, -0.1) is 0 Å². The molecular weight excluding hydrogens is 477 g/mol. The van der Waals surface area contributed by atoms with Crippen molar-refractivity contribution in [3.05, 3.63) is 29.8 Å². The number of alkyl halides is 3. The zero-order valence-corrected chi connectivity index (χ0v) is 20.7. The highest BCUT2D eigenvalue weighted by atomic mass is 19.4. The first-order valence-corrected chi connectivity index (χ1v) is 12.7. The Morgan fingerprint density at radius 3 is 2.56 bits per heavy atom. The number of ether oxygens (including phenoxy) is 3. The van der Waals surface area contributed by atoms with E-state index in [0.717, 1.165) is 22.6 Å². The van der Waals surface area contributed by atoms with Crippen molar-refractivity contribution in [2.75, 3.05) is 46.5 Å². The van der Waals surface area contributed by atoms with Gasteiger partial charge in [0.05, 0.1) is 26.7 Å². The molecule has 1 aliphatic carbocycles. The minimum Gasteiger partial charge on any atom is -0.488 e. The monoisotopic (exact) mass is 512 g/mol. The van der Waals surface area contributed by atoms with Gasteiger partial charge in [0.15, 0.2) is 0 Å². The molecule has 1 saturated carbocycles. The first-order valence-electron chi connectivity index (χ1n) is 12.7. The standard InChI is InChI=1S/C26H35F3N2O5/c1-34-23(32)7-11-30-12-9-25(10-13-30,18-31(20-5-6-20)24(33)26(27,28)29)16-19-3-2-4-21(15-19)36-22-8-14-35-17-22/h2-4,15,20,22H,5-14,16-18H2,1H3. The van der Waals surface area contributed by atoms with E-state index in [0.29, 0.717) is 65.0 Å². The van der Waals surface area contributed by atoms with E-state index in [2.05, 4.69) is 4.90 Å². The van der Waals surface area contributed by atoms with E-state index in [4.69, 9.17) is 14.2 Å². The smallest absolute Gasteiger partial charge is 0.471 e. The van der Waals surface area contributed by atoms with Crippen LogP contribution in [0.15, 0.2) is 24.3 Å². The number of hydrogen-bond acceptors (Lipinski definition) is 6. The molecule has 2 aliphatic heterocycles. The Kier molecular flexibility index (Phi) is 8.44. The van der Waals surface area contributed by atoms with Gasteiger partial charge in [-0.1, -0.05) is 12.1 Å². The SMILES string of the molecule is COC(=O)CCN1CCC(Cc2cccc(OC3CCOC3)c2)(CN(C(=O)C(F)(F)F)C2CC2)CC1. The maximum absolute atomic E-state index is 13.4. The third kappa shape index (κ3) is 7.12. The van der Waals surface area contributed by atoms with Crippen LogP contribution >= 0.6 is 0 Å². The Morgan fingerprint density at radius 1 is 1.19 bits per heavy atom. The molecule has 1 atom stereocenters. The largest absolute Gasteiger partial charge is 0.488 e. The molecule has 1 unspecified atom stereocenters. The van der Waals surface area contributed by atoms with E-state index in [1.165, 1.54) is 7.11 Å². The Balaban J connectivity index is 1.50. The summed E-state index contributed by atoms with van der Waals surface area (Å²) in [6, 6.07) is 7.37. The fourth-order valence-corrected chi connectivity index (χ4v) is 5.23. The lowest BCUT2D eigenvalue weighted by Gasteiger charge is -2.45. The van der Waals surface area contributed by atoms with E-state index in [9.17, 15) is 22.8 Å². The van der Waals surface area contributed by atoms with Crippen LogP contribution in [0, 0.1) is 5.41 Å². The zero-order chi connectivity index (χ0) is 25.8. The summed E-state index contributed by atoms with van der Waals surface area (Å²) in [5.74, 6) is -1.30. The highest BCUT2D eigenvalue weighted by molar-refractivity contribution is 5.82. The predicted molar refractivity (Wildman–Crippen MR) is 126 cm³/mol. The van der Waals surface area contributed by atoms with Crippen molar-refractivity contribution in [2.45, 2.75) is 63.3 Å². The molecule has 1 amide bonds. The average molecular weight is 513 g/mol. The van der Waals surface area contributed by atoms with Crippen molar-refractivity contribution >= 4 is 11.9 Å². The molecule has 2 heterocycles. The fourth-order valence-electron chi connectivity index (χ4n) is 5.23. The summed E-state index contributed by atoms with van der Waals surface area (Å²) >= 11 is 0. The number of likely N-dealkylation sites (tertiary alicyclic amines) is 1. The molecule has 1 aromatic carbocycles. The van der Waals surface area contributed by atoms with E-state index in [1.54, 1.807) is 0 Å². The summed E-state index contributed by atoms with van der Waals surface area (Å²) in [6.45, 7) is 3.12. The molecule has 0 N–H and O–H groups in total. The molecule has 2 saturated heterocycles. The molecule has 0 aromatic heterocycles. The summed E-state index contributed by atoms with van der Waals surface area (Å²) in [5.41, 5.74) is 0.477. The number of hydrogen-bond donors (Lipinski definition) is 0. The number of carbonyl (C=O) groups excluding carboxylic acids is 2. The average Bonchev–Trinajstić information content (AvgIpc) is 3.57. The van der Waals surface area contributed by atoms with Crippen LogP contribution in [0.3, 0.4) is 0 Å². The van der Waals surface area contributed by atoms with E-state index in [-0.39, 0.29) is 31.1 Å². The van der Waals surface area contributed by atoms with E-state index in [1.807, 2.05) is 24.3 Å². The van der Waals surface area contributed by atoms with Gasteiger partial charge in [0.2, 0.25) is 0 Å². The lowest BCUT2D eigenvalue weighted by atomic mass is 9.73. The van der Waals surface area contributed by atoms with Crippen molar-refractivity contribution in [1.82, 2.24) is 9.80 Å². The third-order valence-electron chi connectivity index (χ3n) is 7.44. The van der Waals surface area contributed by atoms with Crippen LogP contribution in [-0.4, -0.2) is 86.5 Å². The second-order valence-electron chi connectivity index (χ2n) is 10.3. The Morgan fingerprint density at radius 2 is 1.94 bits per heavy atom. The molecule has 1 aromatic rings. The minimum atomic E-state index is -4.89. The number of esters is 1. The maximum atomic E-state index is 13.4. The summed E-state index contributed by atoms with van der Waals surface area (Å²) in [5, 5.41) is 0. The molecule has 0 radical (unpaired) electrons. The van der Waals surface area contributed by atoms with Crippen LogP contribution in [0.5, 0.6) is 5.75 Å². The molecule has 10 heteroatoms. The molecule has 0 spiro atoms. The normalized spacial score (nSPS) is 22.3. The van der Waals surface area contributed by atoms with Crippen molar-refractivity contribution in [3.63, 3.8) is 0 Å². The van der Waals surface area contributed by atoms with Crippen molar-refractivity contribution in [3.8, 4) is 5.75 Å². The summed E-state index contributed by atoms with van der Waals surface area (Å²) in [4.78, 5) is 27.1. The quantitative estimate of drug-likeness (QED) is 0.447. The zero-order valence-electron chi connectivity index (χ0n) is 20.7. The maximum Gasteiger partial charge on any atom is 0.471 e. The van der Waals surface area contributed by atoms with Gasteiger partial charge in [0.25, 0.3) is 0 Å². The van der Waals surface area contributed by atoms with Gasteiger partial charge in [0, 0.05) is 25.6 Å². The molecule has 3 aliphatic rings. The molecular formula is C26H35F3N2O5. The van der Waals surface area contributed by atoms with Crippen LogP contribution in [-0.2, 0) is 25.5 Å². The third-order valence-corrected chi connectivity index (χ3v) is 7.44. The summed E-state index contributed by atoms with van der Waals surface area (Å²) in [6.07, 6.45) is -0.769. The van der Waals surface area contributed by atoms with E-state index < -0.39 is 17.5 Å². The van der Waals surface area contributed by atoms with Crippen molar-refractivity contribution in [1.29, 1.82) is 0 Å². The lowest BCUT2D eigenvalue weighted by molar-refractivity contribution is -0.188. The topological polar surface area (TPSA) is 68.3 Å². The molecule has 200 valence electrons. The first kappa shape index (κ1) is 26.7. The number of carbonyl (C=O) groups is 2. The second-order valence-corrected chi connectivity index (χ2v) is 10.3. The number of rotatable bonds is 10. The van der Waals surface area contributed by atoms with Gasteiger partial charge < -0.3 is 24.0 Å². The Labute approximate surface area is 209 Å². The van der Waals surface area contributed by atoms with Crippen molar-refractivity contribution in [2.24, 2.45) is 5.41 Å². The van der Waals surface area contributed by atoms with Gasteiger partial charge >= 0.3 is 18.1 Å². The van der Waals surface area contributed by atoms with Crippen LogP contribution in [0.25, 0.3) is 0 Å². The minimum absolute atomic E-state index is 0.00187. The fraction of sp³-hybridized carbons (Fsp3) is 0.692. The van der Waals surface area contributed by atoms with E-state index >= 15 is 0 Å². The van der Waals surface area contributed by atoms with Gasteiger partial charge in [-0.05, 0) is 68.3 Å². The van der Waals surface area contributed by atoms with Gasteiger partial charge in [0.1, 0.15) is 11.9 Å². The Hall–Kier alpha value is -2.33. The number of nitrogens with zero attached hydrogens (tertiary/aromatic N) is 2. The lowest BCUT2D eigenvalue weighted by Crippen LogP contribution is -2.52. The van der Waals surface area contributed by atoms with Gasteiger partial charge in [-0.2, -0.15) is 13.2 Å². The van der Waals surface area contributed by atoms with Crippen molar-refractivity contribution < 1.29 is 37.0 Å². The number of piperidine rings is 1. The Bertz CT molecular complexity index is 907. The highest BCUT2D eigenvalue weighted by Crippen LogP contribution is 2.41. The molecule has 36 heavy (non-hydrogen) atoms. The first-order chi connectivity index (χ1) is 17.2. The molecule has 4 rings (SSSR count). The highest BCUT2D eigenvalue weighted by Gasteiger charge is 2.50. The van der Waals surface area contributed by atoms with Gasteiger partial charge in [-0.3, -0.25) is 9.59 Å². The number of amides is 1. The predicted octanol–water partition coefficient (Wildman–Crippen LogP) is 3.60. The second kappa shape index (κ2) is 11.4. The summed E-state index contributed by atoms with van der Waals surface area (Å²) in [7, 11) is 1.35. The van der Waals surface area contributed by atoms with Crippen LogP contribution < -0.4 is 4.74 Å². The molecule has 0 bridgehead atoms. The van der Waals surface area contributed by atoms with Crippen LogP contribution in [0.2, 0.25) is 0 Å². The summed E-state index contributed by atoms with van der Waals surface area (Å²) < 4.78 is 56.5. The number of halogens is 3.